The fourth-order valence-electron chi connectivity index (χ4n) is 2.45. The van der Waals surface area contributed by atoms with Crippen molar-refractivity contribution in [3.05, 3.63) is 74.6 Å². The van der Waals surface area contributed by atoms with Crippen molar-refractivity contribution >= 4 is 49.4 Å². The molecule has 3 N–H and O–H groups in total. The van der Waals surface area contributed by atoms with Crippen LogP contribution in [0.5, 0.6) is 0 Å². The number of carbonyl (C=O) groups is 1. The standard InChI is InChI=1S/C19H11BrF3N3OS/c20-12-6-4-10(5-7-12)16(27)17-15(25)14(9-24)18(28-17)26-13-3-1-2-11(8-13)19(21,22)23/h1-8,26H,25H2. The van der Waals surface area contributed by atoms with Gasteiger partial charge >= 0.3 is 6.18 Å². The number of benzene rings is 2. The molecule has 3 aromatic rings. The van der Waals surface area contributed by atoms with Crippen LogP contribution in [0.25, 0.3) is 0 Å². The number of nitrogen functional groups attached to an aromatic ring is 1. The van der Waals surface area contributed by atoms with Gasteiger partial charge in [-0.05, 0) is 42.5 Å². The predicted molar refractivity (Wildman–Crippen MR) is 106 cm³/mol. The van der Waals surface area contributed by atoms with Gasteiger partial charge in [0.1, 0.15) is 21.5 Å². The Bertz CT molecular complexity index is 1090. The van der Waals surface area contributed by atoms with Crippen LogP contribution < -0.4 is 11.1 Å². The van der Waals surface area contributed by atoms with Crippen LogP contribution in [0.15, 0.2) is 53.0 Å². The van der Waals surface area contributed by atoms with Gasteiger partial charge < -0.3 is 11.1 Å². The van der Waals surface area contributed by atoms with E-state index >= 15 is 0 Å². The van der Waals surface area contributed by atoms with Crippen molar-refractivity contribution < 1.29 is 18.0 Å². The molecule has 1 heterocycles. The molecule has 28 heavy (non-hydrogen) atoms. The summed E-state index contributed by atoms with van der Waals surface area (Å²) in [7, 11) is 0. The Morgan fingerprint density at radius 3 is 2.46 bits per heavy atom. The third kappa shape index (κ3) is 4.03. The van der Waals surface area contributed by atoms with Gasteiger partial charge in [-0.3, -0.25) is 4.79 Å². The second kappa shape index (κ2) is 7.66. The van der Waals surface area contributed by atoms with Crippen molar-refractivity contribution in [1.29, 1.82) is 5.26 Å². The average molecular weight is 466 g/mol. The number of thiophene rings is 1. The maximum Gasteiger partial charge on any atom is 0.416 e. The first kappa shape index (κ1) is 19.9. The lowest BCUT2D eigenvalue weighted by molar-refractivity contribution is -0.137. The molecule has 142 valence electrons. The van der Waals surface area contributed by atoms with E-state index in [0.29, 0.717) is 5.56 Å². The van der Waals surface area contributed by atoms with E-state index in [1.807, 2.05) is 6.07 Å². The predicted octanol–water partition coefficient (Wildman–Crippen LogP) is 5.96. The van der Waals surface area contributed by atoms with Gasteiger partial charge in [0.15, 0.2) is 0 Å². The highest BCUT2D eigenvalue weighted by Gasteiger charge is 2.30. The van der Waals surface area contributed by atoms with Gasteiger partial charge in [0.2, 0.25) is 5.78 Å². The van der Waals surface area contributed by atoms with Gasteiger partial charge in [-0.2, -0.15) is 18.4 Å². The van der Waals surface area contributed by atoms with Crippen molar-refractivity contribution in [3.63, 3.8) is 0 Å². The molecule has 0 aliphatic rings. The SMILES string of the molecule is N#Cc1c(Nc2cccc(C(F)(F)F)c2)sc(C(=O)c2ccc(Br)cc2)c1N. The largest absolute Gasteiger partial charge is 0.416 e. The number of nitrogens with one attached hydrogen (secondary N) is 1. The third-order valence-electron chi connectivity index (χ3n) is 3.82. The van der Waals surface area contributed by atoms with E-state index in [1.165, 1.54) is 12.1 Å². The molecule has 0 atom stereocenters. The highest BCUT2D eigenvalue weighted by molar-refractivity contribution is 9.10. The quantitative estimate of drug-likeness (QED) is 0.466. The molecule has 0 bridgehead atoms. The maximum absolute atomic E-state index is 12.9. The molecule has 9 heteroatoms. The molecule has 0 amide bonds. The lowest BCUT2D eigenvalue weighted by atomic mass is 10.1. The molecule has 0 saturated carbocycles. The average Bonchev–Trinajstić information content (AvgIpc) is 2.96. The molecular weight excluding hydrogens is 455 g/mol. The Balaban J connectivity index is 1.98. The molecule has 0 aliphatic carbocycles. The van der Waals surface area contributed by atoms with Crippen LogP contribution in [0.2, 0.25) is 0 Å². The minimum absolute atomic E-state index is 0.00473. The first-order valence-electron chi connectivity index (χ1n) is 7.77. The molecule has 4 nitrogen and oxygen atoms in total. The number of hydrogen-bond acceptors (Lipinski definition) is 5. The summed E-state index contributed by atoms with van der Waals surface area (Å²) in [5.41, 5.74) is 5.67. The third-order valence-corrected chi connectivity index (χ3v) is 5.47. The minimum Gasteiger partial charge on any atom is -0.396 e. The molecule has 1 aromatic heterocycles. The van der Waals surface area contributed by atoms with E-state index in [9.17, 15) is 23.2 Å². The molecule has 0 fully saturated rings. The number of rotatable bonds is 4. The van der Waals surface area contributed by atoms with Crippen LogP contribution in [0.4, 0.5) is 29.5 Å². The maximum atomic E-state index is 12.9. The number of hydrogen-bond donors (Lipinski definition) is 2. The second-order valence-corrected chi connectivity index (χ2v) is 7.64. The Labute approximate surface area is 170 Å². The lowest BCUT2D eigenvalue weighted by Crippen LogP contribution is -2.05. The highest BCUT2D eigenvalue weighted by atomic mass is 79.9. The van der Waals surface area contributed by atoms with Crippen LogP contribution in [-0.2, 0) is 6.18 Å². The summed E-state index contributed by atoms with van der Waals surface area (Å²) >= 11 is 4.21. The van der Waals surface area contributed by atoms with E-state index in [1.54, 1.807) is 24.3 Å². The Kier molecular flexibility index (Phi) is 5.45. The van der Waals surface area contributed by atoms with E-state index in [0.717, 1.165) is 27.9 Å². The Morgan fingerprint density at radius 2 is 1.86 bits per heavy atom. The zero-order valence-electron chi connectivity index (χ0n) is 14.0. The Hall–Kier alpha value is -2.83. The number of anilines is 3. The van der Waals surface area contributed by atoms with E-state index < -0.39 is 11.7 Å². The van der Waals surface area contributed by atoms with Crippen molar-refractivity contribution in [2.24, 2.45) is 0 Å². The van der Waals surface area contributed by atoms with Crippen LogP contribution in [0.1, 0.15) is 26.4 Å². The molecule has 2 aromatic carbocycles. The van der Waals surface area contributed by atoms with Gasteiger partial charge in [0.05, 0.1) is 11.3 Å². The summed E-state index contributed by atoms with van der Waals surface area (Å²) in [5, 5.41) is 12.4. The first-order chi connectivity index (χ1) is 13.2. The fraction of sp³-hybridized carbons (Fsp3) is 0.0526. The summed E-state index contributed by atoms with van der Waals surface area (Å²) in [6.07, 6.45) is -4.49. The van der Waals surface area contributed by atoms with E-state index in [-0.39, 0.29) is 32.6 Å². The number of halogens is 4. The fourth-order valence-corrected chi connectivity index (χ4v) is 3.77. The number of carbonyl (C=O) groups excluding carboxylic acids is 1. The molecule has 0 radical (unpaired) electrons. The molecule has 3 rings (SSSR count). The Morgan fingerprint density at radius 1 is 1.18 bits per heavy atom. The summed E-state index contributed by atoms with van der Waals surface area (Å²) in [4.78, 5) is 12.9. The van der Waals surface area contributed by atoms with Gasteiger partial charge in [-0.25, -0.2) is 0 Å². The molecule has 0 unspecified atom stereocenters. The van der Waals surface area contributed by atoms with Crippen LogP contribution in [0, 0.1) is 11.3 Å². The lowest BCUT2D eigenvalue weighted by Gasteiger charge is -2.09. The van der Waals surface area contributed by atoms with Gasteiger partial charge in [-0.15, -0.1) is 11.3 Å². The number of nitrogens with zero attached hydrogens (tertiary/aromatic N) is 1. The summed E-state index contributed by atoms with van der Waals surface area (Å²) in [5.74, 6) is -0.372. The number of nitrogens with two attached hydrogens (primary N) is 1. The highest BCUT2D eigenvalue weighted by Crippen LogP contribution is 2.39. The molecular formula is C19H11BrF3N3OS. The summed E-state index contributed by atoms with van der Waals surface area (Å²) in [6.45, 7) is 0. The van der Waals surface area contributed by atoms with E-state index in [2.05, 4.69) is 21.2 Å². The molecule has 0 saturated heterocycles. The van der Waals surface area contributed by atoms with Gasteiger partial charge in [-0.1, -0.05) is 22.0 Å². The molecule has 0 aliphatic heterocycles. The van der Waals surface area contributed by atoms with Crippen molar-refractivity contribution in [1.82, 2.24) is 0 Å². The van der Waals surface area contributed by atoms with Gasteiger partial charge in [0, 0.05) is 15.7 Å². The van der Waals surface area contributed by atoms with Crippen molar-refractivity contribution in [3.8, 4) is 6.07 Å². The van der Waals surface area contributed by atoms with Crippen molar-refractivity contribution in [2.45, 2.75) is 6.18 Å². The number of ketones is 1. The summed E-state index contributed by atoms with van der Waals surface area (Å²) < 4.78 is 39.5. The number of alkyl halides is 3. The van der Waals surface area contributed by atoms with Crippen molar-refractivity contribution in [2.75, 3.05) is 11.1 Å². The monoisotopic (exact) mass is 465 g/mol. The molecule has 0 spiro atoms. The van der Waals surface area contributed by atoms with Crippen LogP contribution in [-0.4, -0.2) is 5.78 Å². The second-order valence-electron chi connectivity index (χ2n) is 5.70. The zero-order chi connectivity index (χ0) is 20.5. The van der Waals surface area contributed by atoms with Gasteiger partial charge in [0.25, 0.3) is 0 Å². The van der Waals surface area contributed by atoms with Crippen LogP contribution in [0.3, 0.4) is 0 Å². The zero-order valence-corrected chi connectivity index (χ0v) is 16.4. The first-order valence-corrected chi connectivity index (χ1v) is 9.38. The minimum atomic E-state index is -4.49. The normalized spacial score (nSPS) is 11.1. The van der Waals surface area contributed by atoms with Crippen LogP contribution >= 0.6 is 27.3 Å². The topological polar surface area (TPSA) is 78.9 Å². The van der Waals surface area contributed by atoms with E-state index in [4.69, 9.17) is 5.73 Å². The summed E-state index contributed by atoms with van der Waals surface area (Å²) in [6, 6.07) is 13.1. The smallest absolute Gasteiger partial charge is 0.396 e. The number of nitriles is 1.